The van der Waals surface area contributed by atoms with Gasteiger partial charge in [0.2, 0.25) is 0 Å². The minimum Gasteiger partial charge on any atom is -0.462 e. The number of alkyl halides is 3. The molecule has 12 heteroatoms. The molecule has 0 saturated carbocycles. The molecule has 0 amide bonds. The van der Waals surface area contributed by atoms with E-state index >= 15 is 0 Å². The van der Waals surface area contributed by atoms with Crippen molar-refractivity contribution in [3.63, 3.8) is 0 Å². The van der Waals surface area contributed by atoms with Gasteiger partial charge in [0.25, 0.3) is 0 Å². The van der Waals surface area contributed by atoms with Crippen molar-refractivity contribution in [2.24, 2.45) is 0 Å². The number of esters is 1. The van der Waals surface area contributed by atoms with Crippen molar-refractivity contribution in [1.82, 2.24) is 20.2 Å². The van der Waals surface area contributed by atoms with Crippen LogP contribution in [0.15, 0.2) is 36.4 Å². The number of likely N-dealkylation sites (N-methyl/N-ethyl adjacent to an activating group) is 1. The molecule has 214 valence electrons. The number of aromatic nitrogens is 2. The Morgan fingerprint density at radius 2 is 1.90 bits per heavy atom. The minimum atomic E-state index is -5.09. The minimum absolute atomic E-state index is 0.0322. The van der Waals surface area contributed by atoms with Crippen LogP contribution in [0.1, 0.15) is 18.2 Å². The SMILES string of the molecule is CC1Cc2c(nc(OCCN(C)C)nc2N2CCNCC2)CN1c1cc(OC(=O)C(F)(F)F)cc2ccccc12. The summed E-state index contributed by atoms with van der Waals surface area (Å²) in [5.41, 5.74) is 2.52. The van der Waals surface area contributed by atoms with Gasteiger partial charge in [-0.3, -0.25) is 0 Å². The molecule has 0 spiro atoms. The summed E-state index contributed by atoms with van der Waals surface area (Å²) in [6.07, 6.45) is -4.46. The van der Waals surface area contributed by atoms with E-state index in [-0.39, 0.29) is 11.8 Å². The van der Waals surface area contributed by atoms with Gasteiger partial charge in [0, 0.05) is 61.5 Å². The molecule has 2 aliphatic rings. The van der Waals surface area contributed by atoms with Gasteiger partial charge in [-0.25, -0.2) is 4.79 Å². The smallest absolute Gasteiger partial charge is 0.462 e. The van der Waals surface area contributed by atoms with E-state index < -0.39 is 12.1 Å². The van der Waals surface area contributed by atoms with E-state index in [1.165, 1.54) is 12.1 Å². The van der Waals surface area contributed by atoms with Crippen LogP contribution in [0.2, 0.25) is 0 Å². The molecular weight excluding hydrogens is 525 g/mol. The number of carbonyl (C=O) groups excluding carboxylic acids is 1. The summed E-state index contributed by atoms with van der Waals surface area (Å²) in [7, 11) is 3.93. The van der Waals surface area contributed by atoms with E-state index in [1.807, 2.05) is 31.1 Å². The first-order chi connectivity index (χ1) is 19.1. The number of ether oxygens (including phenoxy) is 2. The fourth-order valence-electron chi connectivity index (χ4n) is 5.13. The molecule has 1 atom stereocenters. The van der Waals surface area contributed by atoms with Crippen LogP contribution in [-0.4, -0.2) is 86.5 Å². The lowest BCUT2D eigenvalue weighted by atomic mass is 9.96. The first kappa shape index (κ1) is 27.9. The number of carbonyl (C=O) groups is 1. The van der Waals surface area contributed by atoms with Crippen molar-refractivity contribution in [3.05, 3.63) is 47.7 Å². The number of benzene rings is 2. The Balaban J connectivity index is 1.53. The van der Waals surface area contributed by atoms with Crippen LogP contribution >= 0.6 is 0 Å². The van der Waals surface area contributed by atoms with E-state index in [9.17, 15) is 18.0 Å². The van der Waals surface area contributed by atoms with Crippen molar-refractivity contribution < 1.29 is 27.4 Å². The van der Waals surface area contributed by atoms with Crippen molar-refractivity contribution in [2.75, 3.05) is 63.2 Å². The number of hydrogen-bond donors (Lipinski definition) is 1. The van der Waals surface area contributed by atoms with Crippen molar-refractivity contribution >= 4 is 28.2 Å². The van der Waals surface area contributed by atoms with Gasteiger partial charge in [-0.05, 0) is 38.9 Å². The van der Waals surface area contributed by atoms with Crippen LogP contribution in [0, 0.1) is 0 Å². The van der Waals surface area contributed by atoms with Gasteiger partial charge < -0.3 is 29.5 Å². The number of fused-ring (bicyclic) bond motifs is 2. The second kappa shape index (κ2) is 11.5. The summed E-state index contributed by atoms with van der Waals surface area (Å²) >= 11 is 0. The van der Waals surface area contributed by atoms with Gasteiger partial charge in [0.05, 0.1) is 12.2 Å². The molecule has 1 fully saturated rings. The van der Waals surface area contributed by atoms with Gasteiger partial charge >= 0.3 is 18.2 Å². The molecule has 1 unspecified atom stereocenters. The van der Waals surface area contributed by atoms with E-state index in [0.29, 0.717) is 43.2 Å². The fraction of sp³-hybridized carbons (Fsp3) is 0.464. The lowest BCUT2D eigenvalue weighted by Crippen LogP contribution is -2.46. The van der Waals surface area contributed by atoms with Crippen molar-refractivity contribution in [2.45, 2.75) is 32.1 Å². The van der Waals surface area contributed by atoms with Crippen LogP contribution in [0.5, 0.6) is 11.8 Å². The van der Waals surface area contributed by atoms with E-state index in [0.717, 1.165) is 48.6 Å². The third-order valence-electron chi connectivity index (χ3n) is 7.15. The highest BCUT2D eigenvalue weighted by molar-refractivity contribution is 5.96. The summed E-state index contributed by atoms with van der Waals surface area (Å²) in [5, 5.41) is 4.88. The highest BCUT2D eigenvalue weighted by Crippen LogP contribution is 2.39. The standard InChI is InChI=1S/C28H33F3N6O3/c1-18-14-22-23(33-27(39-13-12-35(2)3)34-25(22)36-10-8-32-9-11-36)17-37(18)24-16-20(40-26(38)28(29,30)31)15-19-6-4-5-7-21(19)24/h4-7,15-16,18,32H,8-14,17H2,1-3H3. The zero-order chi connectivity index (χ0) is 28.4. The highest BCUT2D eigenvalue weighted by atomic mass is 19.4. The van der Waals surface area contributed by atoms with Crippen molar-refractivity contribution in [1.29, 1.82) is 0 Å². The highest BCUT2D eigenvalue weighted by Gasteiger charge is 2.41. The Hall–Kier alpha value is -3.64. The molecule has 9 nitrogen and oxygen atoms in total. The molecule has 0 aliphatic carbocycles. The topological polar surface area (TPSA) is 83.1 Å². The van der Waals surface area contributed by atoms with Crippen LogP contribution in [0.3, 0.4) is 0 Å². The van der Waals surface area contributed by atoms with Crippen LogP contribution < -0.4 is 24.6 Å². The van der Waals surface area contributed by atoms with Gasteiger partial charge in [-0.1, -0.05) is 24.3 Å². The molecule has 3 heterocycles. The lowest BCUT2D eigenvalue weighted by Gasteiger charge is -2.39. The quantitative estimate of drug-likeness (QED) is 0.347. The molecule has 1 N–H and O–H groups in total. The summed E-state index contributed by atoms with van der Waals surface area (Å²) < 4.78 is 49.6. The molecule has 2 aliphatic heterocycles. The van der Waals surface area contributed by atoms with E-state index in [4.69, 9.17) is 19.4 Å². The Morgan fingerprint density at radius 3 is 2.62 bits per heavy atom. The maximum atomic E-state index is 13.0. The zero-order valence-electron chi connectivity index (χ0n) is 22.8. The third kappa shape index (κ3) is 6.07. The summed E-state index contributed by atoms with van der Waals surface area (Å²) in [4.78, 5) is 27.6. The van der Waals surface area contributed by atoms with E-state index in [1.54, 1.807) is 12.1 Å². The summed E-state index contributed by atoms with van der Waals surface area (Å²) in [6.45, 7) is 6.94. The van der Waals surface area contributed by atoms with Gasteiger partial charge in [-0.2, -0.15) is 23.1 Å². The van der Waals surface area contributed by atoms with Gasteiger partial charge in [0.1, 0.15) is 18.2 Å². The number of nitrogens with one attached hydrogen (secondary N) is 1. The predicted molar refractivity (Wildman–Crippen MR) is 146 cm³/mol. The summed E-state index contributed by atoms with van der Waals surface area (Å²) in [5.74, 6) is -1.54. The Bertz CT molecular complexity index is 1380. The van der Waals surface area contributed by atoms with Crippen LogP contribution in [-0.2, 0) is 17.8 Å². The van der Waals surface area contributed by atoms with Crippen LogP contribution in [0.4, 0.5) is 24.7 Å². The van der Waals surface area contributed by atoms with E-state index in [2.05, 4.69) is 22.0 Å². The largest absolute Gasteiger partial charge is 0.491 e. The second-order valence-electron chi connectivity index (χ2n) is 10.4. The maximum absolute atomic E-state index is 13.0. The molecule has 40 heavy (non-hydrogen) atoms. The average molecular weight is 559 g/mol. The number of rotatable bonds is 7. The number of halogens is 3. The Labute approximate surface area is 230 Å². The maximum Gasteiger partial charge on any atom is 0.491 e. The molecule has 3 aromatic rings. The Kier molecular flexibility index (Phi) is 7.99. The molecular formula is C28H33F3N6O3. The number of nitrogens with zero attached hydrogens (tertiary/aromatic N) is 5. The lowest BCUT2D eigenvalue weighted by molar-refractivity contribution is -0.189. The van der Waals surface area contributed by atoms with Gasteiger partial charge in [-0.15, -0.1) is 0 Å². The number of hydrogen-bond acceptors (Lipinski definition) is 9. The summed E-state index contributed by atoms with van der Waals surface area (Å²) in [6, 6.07) is 10.6. The second-order valence-corrected chi connectivity index (χ2v) is 10.4. The molecule has 1 aromatic heterocycles. The third-order valence-corrected chi connectivity index (χ3v) is 7.15. The normalized spacial score (nSPS) is 17.7. The molecule has 2 aromatic carbocycles. The van der Waals surface area contributed by atoms with Crippen molar-refractivity contribution in [3.8, 4) is 11.8 Å². The molecule has 0 bridgehead atoms. The molecule has 5 rings (SSSR count). The first-order valence-electron chi connectivity index (χ1n) is 13.3. The monoisotopic (exact) mass is 558 g/mol. The average Bonchev–Trinajstić information content (AvgIpc) is 2.92. The van der Waals surface area contributed by atoms with Gasteiger partial charge in [0.15, 0.2) is 0 Å². The molecule has 0 radical (unpaired) electrons. The number of piperazine rings is 1. The number of anilines is 2. The predicted octanol–water partition coefficient (Wildman–Crippen LogP) is 3.40. The Morgan fingerprint density at radius 1 is 1.15 bits per heavy atom. The zero-order valence-corrected chi connectivity index (χ0v) is 22.8. The fourth-order valence-corrected chi connectivity index (χ4v) is 5.13. The first-order valence-corrected chi connectivity index (χ1v) is 13.3. The molecule has 1 saturated heterocycles. The van der Waals surface area contributed by atoms with Crippen LogP contribution in [0.25, 0.3) is 10.8 Å².